The van der Waals surface area contributed by atoms with E-state index in [4.69, 9.17) is 0 Å². The highest BCUT2D eigenvalue weighted by molar-refractivity contribution is 5.34. The van der Waals surface area contributed by atoms with Crippen LogP contribution in [0.2, 0.25) is 0 Å². The predicted molar refractivity (Wildman–Crippen MR) is 64.2 cm³/mol. The molecule has 0 bridgehead atoms. The number of rotatable bonds is 2. The van der Waals surface area contributed by atoms with Gasteiger partial charge in [0.15, 0.2) is 0 Å². The van der Waals surface area contributed by atoms with E-state index in [-0.39, 0.29) is 0 Å². The van der Waals surface area contributed by atoms with Crippen molar-refractivity contribution in [2.45, 2.75) is 20.0 Å². The van der Waals surface area contributed by atoms with Crippen LogP contribution in [0.4, 0.5) is 0 Å². The number of aliphatic hydroxyl groups is 1. The number of pyridine rings is 1. The molecule has 0 amide bonds. The third kappa shape index (κ3) is 2.12. The van der Waals surface area contributed by atoms with Crippen LogP contribution in [0.1, 0.15) is 28.4 Å². The molecule has 0 aliphatic heterocycles. The largest absolute Gasteiger partial charge is 0.384 e. The number of hydrogen-bond donors (Lipinski definition) is 1. The van der Waals surface area contributed by atoms with Gasteiger partial charge in [0, 0.05) is 12.4 Å². The van der Waals surface area contributed by atoms with Crippen LogP contribution in [0.5, 0.6) is 0 Å². The molecule has 1 atom stereocenters. The van der Waals surface area contributed by atoms with E-state index in [1.807, 2.05) is 44.2 Å². The zero-order valence-electron chi connectivity index (χ0n) is 9.51. The maximum atomic E-state index is 10.2. The van der Waals surface area contributed by atoms with Gasteiger partial charge in [-0.1, -0.05) is 29.8 Å². The summed E-state index contributed by atoms with van der Waals surface area (Å²) in [6, 6.07) is 9.80. The smallest absolute Gasteiger partial charge is 0.104 e. The SMILES string of the molecule is Cc1ccc(C(O)c2ccncc2C)cc1. The Labute approximate surface area is 95.6 Å². The number of benzene rings is 1. The van der Waals surface area contributed by atoms with Crippen LogP contribution in [-0.4, -0.2) is 10.1 Å². The minimum Gasteiger partial charge on any atom is -0.384 e. The van der Waals surface area contributed by atoms with Crippen molar-refractivity contribution in [1.82, 2.24) is 4.98 Å². The maximum absolute atomic E-state index is 10.2. The van der Waals surface area contributed by atoms with E-state index in [1.54, 1.807) is 12.4 Å². The Morgan fingerprint density at radius 1 is 1.06 bits per heavy atom. The Bertz CT molecular complexity index is 476. The normalized spacial score (nSPS) is 12.4. The Morgan fingerprint density at radius 3 is 2.38 bits per heavy atom. The lowest BCUT2D eigenvalue weighted by Crippen LogP contribution is -2.02. The Morgan fingerprint density at radius 2 is 1.75 bits per heavy atom. The average Bonchev–Trinajstić information content (AvgIpc) is 2.30. The fraction of sp³-hybridized carbons (Fsp3) is 0.214. The molecule has 1 heterocycles. The summed E-state index contributed by atoms with van der Waals surface area (Å²) in [5.74, 6) is 0. The monoisotopic (exact) mass is 213 g/mol. The van der Waals surface area contributed by atoms with Gasteiger partial charge in [-0.25, -0.2) is 0 Å². The second kappa shape index (κ2) is 4.45. The number of nitrogens with zero attached hydrogens (tertiary/aromatic N) is 1. The quantitative estimate of drug-likeness (QED) is 0.832. The van der Waals surface area contributed by atoms with Crippen molar-refractivity contribution in [2.75, 3.05) is 0 Å². The minimum absolute atomic E-state index is 0.566. The zero-order valence-corrected chi connectivity index (χ0v) is 9.51. The summed E-state index contributed by atoms with van der Waals surface area (Å²) in [6.07, 6.45) is 2.91. The van der Waals surface area contributed by atoms with E-state index in [0.717, 1.165) is 16.7 Å². The number of aryl methyl sites for hydroxylation is 2. The van der Waals surface area contributed by atoms with Crippen molar-refractivity contribution in [1.29, 1.82) is 0 Å². The van der Waals surface area contributed by atoms with Gasteiger partial charge >= 0.3 is 0 Å². The molecule has 1 aromatic carbocycles. The summed E-state index contributed by atoms with van der Waals surface area (Å²) in [7, 11) is 0. The fourth-order valence-electron chi connectivity index (χ4n) is 1.72. The first-order valence-electron chi connectivity index (χ1n) is 5.33. The van der Waals surface area contributed by atoms with Gasteiger partial charge < -0.3 is 5.11 Å². The van der Waals surface area contributed by atoms with Gasteiger partial charge in [0.25, 0.3) is 0 Å². The first-order chi connectivity index (χ1) is 7.68. The van der Waals surface area contributed by atoms with E-state index in [2.05, 4.69) is 4.98 Å². The molecular formula is C14H15NO. The standard InChI is InChI=1S/C14H15NO/c1-10-3-5-12(6-4-10)14(16)13-7-8-15-9-11(13)2/h3-9,14,16H,1-2H3. The van der Waals surface area contributed by atoms with Gasteiger partial charge in [-0.3, -0.25) is 4.98 Å². The molecule has 82 valence electrons. The van der Waals surface area contributed by atoms with Crippen LogP contribution in [0.15, 0.2) is 42.7 Å². The molecule has 1 N–H and O–H groups in total. The predicted octanol–water partition coefficient (Wildman–Crippen LogP) is 2.78. The molecule has 1 aromatic heterocycles. The molecule has 2 nitrogen and oxygen atoms in total. The lowest BCUT2D eigenvalue weighted by molar-refractivity contribution is 0.219. The van der Waals surface area contributed by atoms with E-state index in [0.29, 0.717) is 0 Å². The summed E-state index contributed by atoms with van der Waals surface area (Å²) in [5.41, 5.74) is 4.04. The van der Waals surface area contributed by atoms with Crippen LogP contribution in [0.3, 0.4) is 0 Å². The molecule has 2 rings (SSSR count). The van der Waals surface area contributed by atoms with Crippen molar-refractivity contribution in [3.8, 4) is 0 Å². The van der Waals surface area contributed by atoms with Gasteiger partial charge in [-0.15, -0.1) is 0 Å². The second-order valence-electron chi connectivity index (χ2n) is 4.05. The van der Waals surface area contributed by atoms with Crippen molar-refractivity contribution >= 4 is 0 Å². The molecule has 0 radical (unpaired) electrons. The van der Waals surface area contributed by atoms with Crippen LogP contribution >= 0.6 is 0 Å². The molecule has 2 aromatic rings. The van der Waals surface area contributed by atoms with Gasteiger partial charge in [-0.05, 0) is 36.6 Å². The van der Waals surface area contributed by atoms with E-state index in [9.17, 15) is 5.11 Å². The highest BCUT2D eigenvalue weighted by Gasteiger charge is 2.11. The number of aromatic nitrogens is 1. The molecule has 16 heavy (non-hydrogen) atoms. The molecule has 0 saturated carbocycles. The molecule has 0 saturated heterocycles. The van der Waals surface area contributed by atoms with Crippen LogP contribution in [0, 0.1) is 13.8 Å². The highest BCUT2D eigenvalue weighted by Crippen LogP contribution is 2.23. The minimum atomic E-state index is -0.566. The van der Waals surface area contributed by atoms with Gasteiger partial charge in [0.2, 0.25) is 0 Å². The third-order valence-electron chi connectivity index (χ3n) is 2.75. The summed E-state index contributed by atoms with van der Waals surface area (Å²) in [5, 5.41) is 10.2. The highest BCUT2D eigenvalue weighted by atomic mass is 16.3. The summed E-state index contributed by atoms with van der Waals surface area (Å²) < 4.78 is 0. The van der Waals surface area contributed by atoms with Gasteiger partial charge in [0.1, 0.15) is 6.10 Å². The van der Waals surface area contributed by atoms with Crippen LogP contribution in [-0.2, 0) is 0 Å². The summed E-state index contributed by atoms with van der Waals surface area (Å²) in [6.45, 7) is 3.99. The van der Waals surface area contributed by atoms with Crippen molar-refractivity contribution < 1.29 is 5.11 Å². The Kier molecular flexibility index (Phi) is 3.02. The molecule has 1 unspecified atom stereocenters. The van der Waals surface area contributed by atoms with E-state index in [1.165, 1.54) is 5.56 Å². The van der Waals surface area contributed by atoms with E-state index < -0.39 is 6.10 Å². The first-order valence-corrected chi connectivity index (χ1v) is 5.33. The van der Waals surface area contributed by atoms with Crippen LogP contribution < -0.4 is 0 Å². The third-order valence-corrected chi connectivity index (χ3v) is 2.75. The second-order valence-corrected chi connectivity index (χ2v) is 4.05. The number of hydrogen-bond acceptors (Lipinski definition) is 2. The zero-order chi connectivity index (χ0) is 11.5. The van der Waals surface area contributed by atoms with Crippen LogP contribution in [0.25, 0.3) is 0 Å². The summed E-state index contributed by atoms with van der Waals surface area (Å²) in [4.78, 5) is 4.02. The lowest BCUT2D eigenvalue weighted by atomic mass is 9.98. The molecule has 0 fully saturated rings. The molecule has 2 heteroatoms. The Hall–Kier alpha value is -1.67. The van der Waals surface area contributed by atoms with Crippen molar-refractivity contribution in [2.24, 2.45) is 0 Å². The topological polar surface area (TPSA) is 33.1 Å². The molecule has 0 aliphatic rings. The molecule has 0 spiro atoms. The van der Waals surface area contributed by atoms with E-state index >= 15 is 0 Å². The molecular weight excluding hydrogens is 198 g/mol. The van der Waals surface area contributed by atoms with Gasteiger partial charge in [-0.2, -0.15) is 0 Å². The maximum Gasteiger partial charge on any atom is 0.104 e. The Balaban J connectivity index is 2.35. The molecule has 0 aliphatic carbocycles. The first kappa shape index (κ1) is 10.8. The number of aliphatic hydroxyl groups excluding tert-OH is 1. The van der Waals surface area contributed by atoms with Gasteiger partial charge in [0.05, 0.1) is 0 Å². The van der Waals surface area contributed by atoms with Crippen molar-refractivity contribution in [3.63, 3.8) is 0 Å². The van der Waals surface area contributed by atoms with Crippen molar-refractivity contribution in [3.05, 3.63) is 65.0 Å². The average molecular weight is 213 g/mol. The lowest BCUT2D eigenvalue weighted by Gasteiger charge is -2.13. The summed E-state index contributed by atoms with van der Waals surface area (Å²) >= 11 is 0. The fourth-order valence-corrected chi connectivity index (χ4v) is 1.72.